The van der Waals surface area contributed by atoms with E-state index in [2.05, 4.69) is 40.4 Å². The summed E-state index contributed by atoms with van der Waals surface area (Å²) in [5, 5.41) is 3.45. The van der Waals surface area contributed by atoms with Crippen molar-refractivity contribution in [2.75, 3.05) is 44.7 Å². The molecule has 0 unspecified atom stereocenters. The van der Waals surface area contributed by atoms with E-state index in [4.69, 9.17) is 0 Å². The lowest BCUT2D eigenvalue weighted by Crippen LogP contribution is -2.44. The van der Waals surface area contributed by atoms with Gasteiger partial charge in [-0.15, -0.1) is 0 Å². The Morgan fingerprint density at radius 3 is 2.71 bits per heavy atom. The van der Waals surface area contributed by atoms with Gasteiger partial charge in [0.25, 0.3) is 0 Å². The number of hydrogen-bond acceptors (Lipinski definition) is 3. The number of benzene rings is 1. The standard InChI is InChI=1S/C14H21N3/c1-16-6-8-17(9-7-16)14-3-2-12-4-5-15-11-13(12)10-14/h2-3,10,15H,4-9,11H2,1H3. The monoisotopic (exact) mass is 231 g/mol. The van der Waals surface area contributed by atoms with Gasteiger partial charge in [0.15, 0.2) is 0 Å². The fraction of sp³-hybridized carbons (Fsp3) is 0.571. The molecule has 0 aliphatic carbocycles. The maximum atomic E-state index is 3.45. The highest BCUT2D eigenvalue weighted by atomic mass is 15.2. The zero-order valence-corrected chi connectivity index (χ0v) is 10.6. The van der Waals surface area contributed by atoms with Crippen LogP contribution < -0.4 is 10.2 Å². The molecule has 2 aliphatic heterocycles. The van der Waals surface area contributed by atoms with Gasteiger partial charge >= 0.3 is 0 Å². The zero-order chi connectivity index (χ0) is 11.7. The second kappa shape index (κ2) is 4.67. The second-order valence-corrected chi connectivity index (χ2v) is 5.17. The van der Waals surface area contributed by atoms with Crippen molar-refractivity contribution in [3.8, 4) is 0 Å². The summed E-state index contributed by atoms with van der Waals surface area (Å²) >= 11 is 0. The number of nitrogens with one attached hydrogen (secondary N) is 1. The topological polar surface area (TPSA) is 18.5 Å². The summed E-state index contributed by atoms with van der Waals surface area (Å²) in [7, 11) is 2.20. The summed E-state index contributed by atoms with van der Waals surface area (Å²) in [6, 6.07) is 7.01. The molecule has 1 aromatic carbocycles. The summed E-state index contributed by atoms with van der Waals surface area (Å²) in [5.41, 5.74) is 4.43. The van der Waals surface area contributed by atoms with Crippen molar-refractivity contribution in [3.05, 3.63) is 29.3 Å². The van der Waals surface area contributed by atoms with Crippen molar-refractivity contribution >= 4 is 5.69 Å². The largest absolute Gasteiger partial charge is 0.369 e. The van der Waals surface area contributed by atoms with Gasteiger partial charge in [-0.2, -0.15) is 0 Å². The molecule has 0 amide bonds. The van der Waals surface area contributed by atoms with Gasteiger partial charge in [0.05, 0.1) is 0 Å². The number of likely N-dealkylation sites (N-methyl/N-ethyl adjacent to an activating group) is 1. The third kappa shape index (κ3) is 2.31. The number of hydrogen-bond donors (Lipinski definition) is 1. The normalized spacial score (nSPS) is 21.4. The molecule has 3 rings (SSSR count). The van der Waals surface area contributed by atoms with Gasteiger partial charge < -0.3 is 15.1 Å². The number of anilines is 1. The first-order valence-corrected chi connectivity index (χ1v) is 6.59. The maximum Gasteiger partial charge on any atom is 0.0370 e. The van der Waals surface area contributed by atoms with E-state index >= 15 is 0 Å². The molecule has 0 radical (unpaired) electrons. The van der Waals surface area contributed by atoms with Crippen molar-refractivity contribution in [3.63, 3.8) is 0 Å². The Labute approximate surface area is 103 Å². The molecule has 17 heavy (non-hydrogen) atoms. The van der Waals surface area contributed by atoms with E-state index in [0.717, 1.165) is 26.2 Å². The van der Waals surface area contributed by atoms with Crippen LogP contribution in [0.1, 0.15) is 11.1 Å². The van der Waals surface area contributed by atoms with Crippen LogP contribution in [0.3, 0.4) is 0 Å². The molecular weight excluding hydrogens is 210 g/mol. The molecule has 1 saturated heterocycles. The maximum absolute atomic E-state index is 3.45. The Morgan fingerprint density at radius 1 is 1.06 bits per heavy atom. The molecule has 3 nitrogen and oxygen atoms in total. The van der Waals surface area contributed by atoms with Crippen LogP contribution in [0.2, 0.25) is 0 Å². The molecule has 0 atom stereocenters. The molecular formula is C14H21N3. The van der Waals surface area contributed by atoms with Crippen LogP contribution in [-0.2, 0) is 13.0 Å². The fourth-order valence-corrected chi connectivity index (χ4v) is 2.73. The quantitative estimate of drug-likeness (QED) is 0.780. The smallest absolute Gasteiger partial charge is 0.0370 e. The summed E-state index contributed by atoms with van der Waals surface area (Å²) in [6.07, 6.45) is 1.18. The number of nitrogens with zero attached hydrogens (tertiary/aromatic N) is 2. The summed E-state index contributed by atoms with van der Waals surface area (Å²) in [6.45, 7) is 6.83. The van der Waals surface area contributed by atoms with Crippen molar-refractivity contribution in [2.45, 2.75) is 13.0 Å². The highest BCUT2D eigenvalue weighted by Crippen LogP contribution is 2.22. The molecule has 0 spiro atoms. The van der Waals surface area contributed by atoms with Crippen molar-refractivity contribution < 1.29 is 0 Å². The molecule has 2 aliphatic rings. The molecule has 3 heteroatoms. The van der Waals surface area contributed by atoms with Gasteiger partial charge in [-0.25, -0.2) is 0 Å². The van der Waals surface area contributed by atoms with Crippen LogP contribution in [0.25, 0.3) is 0 Å². The molecule has 0 bridgehead atoms. The second-order valence-electron chi connectivity index (χ2n) is 5.17. The molecule has 2 heterocycles. The lowest BCUT2D eigenvalue weighted by molar-refractivity contribution is 0.313. The van der Waals surface area contributed by atoms with E-state index in [1.807, 2.05) is 0 Å². The Bertz CT molecular complexity index is 394. The third-order valence-corrected chi connectivity index (χ3v) is 3.94. The highest BCUT2D eigenvalue weighted by Gasteiger charge is 2.16. The van der Waals surface area contributed by atoms with Crippen LogP contribution in [0.4, 0.5) is 5.69 Å². The van der Waals surface area contributed by atoms with Crippen LogP contribution in [0.15, 0.2) is 18.2 Å². The number of rotatable bonds is 1. The van der Waals surface area contributed by atoms with Crippen LogP contribution in [0.5, 0.6) is 0 Å². The number of fused-ring (bicyclic) bond motifs is 1. The molecule has 1 N–H and O–H groups in total. The predicted molar refractivity (Wildman–Crippen MR) is 71.6 cm³/mol. The highest BCUT2D eigenvalue weighted by molar-refractivity contribution is 5.52. The van der Waals surface area contributed by atoms with E-state index in [1.165, 1.54) is 36.3 Å². The third-order valence-electron chi connectivity index (χ3n) is 3.94. The van der Waals surface area contributed by atoms with E-state index in [9.17, 15) is 0 Å². The molecule has 0 aromatic heterocycles. The lowest BCUT2D eigenvalue weighted by Gasteiger charge is -2.34. The van der Waals surface area contributed by atoms with Crippen molar-refractivity contribution in [1.82, 2.24) is 10.2 Å². The van der Waals surface area contributed by atoms with E-state index < -0.39 is 0 Å². The van der Waals surface area contributed by atoms with Crippen molar-refractivity contribution in [2.24, 2.45) is 0 Å². The first-order chi connectivity index (χ1) is 8.33. The van der Waals surface area contributed by atoms with Gasteiger partial charge in [-0.05, 0) is 43.3 Å². The lowest BCUT2D eigenvalue weighted by atomic mass is 10.00. The summed E-state index contributed by atoms with van der Waals surface area (Å²) < 4.78 is 0. The number of piperazine rings is 1. The Kier molecular flexibility index (Phi) is 3.04. The van der Waals surface area contributed by atoms with Gasteiger partial charge in [-0.3, -0.25) is 0 Å². The average molecular weight is 231 g/mol. The van der Waals surface area contributed by atoms with Crippen molar-refractivity contribution in [1.29, 1.82) is 0 Å². The first kappa shape index (κ1) is 11.1. The minimum atomic E-state index is 1.04. The minimum absolute atomic E-state index is 1.04. The van der Waals surface area contributed by atoms with Gasteiger partial charge in [-0.1, -0.05) is 6.07 Å². The predicted octanol–water partition coefficient (Wildman–Crippen LogP) is 1.08. The Hall–Kier alpha value is -1.06. The van der Waals surface area contributed by atoms with Gasteiger partial charge in [0.2, 0.25) is 0 Å². The molecule has 1 fully saturated rings. The molecule has 1 aromatic rings. The fourth-order valence-electron chi connectivity index (χ4n) is 2.73. The van der Waals surface area contributed by atoms with Gasteiger partial charge in [0.1, 0.15) is 0 Å². The SMILES string of the molecule is CN1CCN(c2ccc3c(c2)CNCC3)CC1. The zero-order valence-electron chi connectivity index (χ0n) is 10.6. The van der Waals surface area contributed by atoms with E-state index in [0.29, 0.717) is 0 Å². The van der Waals surface area contributed by atoms with E-state index in [-0.39, 0.29) is 0 Å². The van der Waals surface area contributed by atoms with Crippen LogP contribution in [-0.4, -0.2) is 44.7 Å². The summed E-state index contributed by atoms with van der Waals surface area (Å²) in [5.74, 6) is 0. The van der Waals surface area contributed by atoms with E-state index in [1.54, 1.807) is 0 Å². The Balaban J connectivity index is 1.79. The summed E-state index contributed by atoms with van der Waals surface area (Å²) in [4.78, 5) is 4.91. The van der Waals surface area contributed by atoms with Gasteiger partial charge in [0, 0.05) is 38.4 Å². The Morgan fingerprint density at radius 2 is 1.88 bits per heavy atom. The van der Waals surface area contributed by atoms with Crippen LogP contribution in [0, 0.1) is 0 Å². The average Bonchev–Trinajstić information content (AvgIpc) is 2.39. The molecule has 92 valence electrons. The first-order valence-electron chi connectivity index (χ1n) is 6.59. The molecule has 0 saturated carbocycles. The minimum Gasteiger partial charge on any atom is -0.369 e. The van der Waals surface area contributed by atoms with Crippen LogP contribution >= 0.6 is 0 Å².